The van der Waals surface area contributed by atoms with Gasteiger partial charge in [-0.3, -0.25) is 9.69 Å². The zero-order chi connectivity index (χ0) is 19.8. The van der Waals surface area contributed by atoms with Gasteiger partial charge in [-0.2, -0.15) is 13.2 Å². The molecule has 0 radical (unpaired) electrons. The van der Waals surface area contributed by atoms with Crippen molar-refractivity contribution >= 4 is 5.91 Å². The highest BCUT2D eigenvalue weighted by molar-refractivity contribution is 5.94. The van der Waals surface area contributed by atoms with E-state index in [-0.39, 0.29) is 30.5 Å². The van der Waals surface area contributed by atoms with Crippen molar-refractivity contribution in [3.8, 4) is 0 Å². The first-order valence-corrected chi connectivity index (χ1v) is 8.88. The molecule has 4 atom stereocenters. The lowest BCUT2D eigenvalue weighted by Crippen LogP contribution is -2.56. The number of benzene rings is 1. The Kier molecular flexibility index (Phi) is 5.76. The number of hydrogen-bond acceptors (Lipinski definition) is 5. The van der Waals surface area contributed by atoms with Gasteiger partial charge in [0.05, 0.1) is 17.8 Å². The van der Waals surface area contributed by atoms with Gasteiger partial charge in [0.15, 0.2) is 0 Å². The zero-order valence-corrected chi connectivity index (χ0v) is 14.6. The van der Waals surface area contributed by atoms with Gasteiger partial charge in [0.2, 0.25) is 0 Å². The summed E-state index contributed by atoms with van der Waals surface area (Å²) >= 11 is 0. The summed E-state index contributed by atoms with van der Waals surface area (Å²) < 4.78 is 37.9. The highest BCUT2D eigenvalue weighted by Crippen LogP contribution is 2.29. The Balaban J connectivity index is 1.55. The van der Waals surface area contributed by atoms with E-state index in [2.05, 4.69) is 0 Å². The molecule has 3 rings (SSSR count). The molecule has 2 aliphatic heterocycles. The number of carbonyl (C=O) groups excluding carboxylic acids is 1. The fourth-order valence-electron chi connectivity index (χ4n) is 3.74. The molecule has 1 aromatic carbocycles. The fraction of sp³-hybridized carbons (Fsp3) is 0.611. The van der Waals surface area contributed by atoms with Crippen molar-refractivity contribution < 1.29 is 33.3 Å². The Hall–Kier alpha value is -1.68. The van der Waals surface area contributed by atoms with E-state index in [4.69, 9.17) is 0 Å². The molecular weight excluding hydrogens is 365 g/mol. The Morgan fingerprint density at radius 1 is 1.04 bits per heavy atom. The maximum atomic E-state index is 12.6. The Bertz CT molecular complexity index is 656. The summed E-state index contributed by atoms with van der Waals surface area (Å²) in [4.78, 5) is 16.0. The van der Waals surface area contributed by atoms with E-state index in [0.717, 1.165) is 18.6 Å². The van der Waals surface area contributed by atoms with Gasteiger partial charge in [-0.05, 0) is 36.6 Å². The van der Waals surface area contributed by atoms with Crippen LogP contribution in [0.25, 0.3) is 0 Å². The maximum absolute atomic E-state index is 12.6. The zero-order valence-electron chi connectivity index (χ0n) is 14.6. The molecule has 0 bridgehead atoms. The van der Waals surface area contributed by atoms with Crippen LogP contribution in [0, 0.1) is 5.92 Å². The molecule has 2 saturated heterocycles. The number of rotatable bonds is 3. The molecule has 2 heterocycles. The van der Waals surface area contributed by atoms with Crippen LogP contribution in [0.1, 0.15) is 22.3 Å². The second kappa shape index (κ2) is 7.75. The van der Waals surface area contributed by atoms with Crippen LogP contribution in [0.2, 0.25) is 0 Å². The second-order valence-corrected chi connectivity index (χ2v) is 7.32. The number of likely N-dealkylation sites (tertiary alicyclic amines) is 2. The van der Waals surface area contributed by atoms with Gasteiger partial charge in [0, 0.05) is 38.3 Å². The van der Waals surface area contributed by atoms with Crippen molar-refractivity contribution in [2.24, 2.45) is 5.92 Å². The van der Waals surface area contributed by atoms with Gasteiger partial charge in [-0.15, -0.1) is 0 Å². The predicted molar refractivity (Wildman–Crippen MR) is 89.9 cm³/mol. The van der Waals surface area contributed by atoms with E-state index in [9.17, 15) is 33.3 Å². The molecule has 6 nitrogen and oxygen atoms in total. The molecule has 1 unspecified atom stereocenters. The number of β-amino-alcohol motifs (C(OH)–C–C–N with tert-alkyl or cyclic N) is 2. The average Bonchev–Trinajstić information content (AvgIpc) is 3.06. The lowest BCUT2D eigenvalue weighted by Gasteiger charge is -2.37. The number of amides is 1. The normalized spacial score (nSPS) is 29.9. The van der Waals surface area contributed by atoms with Crippen molar-refractivity contribution in [1.29, 1.82) is 0 Å². The maximum Gasteiger partial charge on any atom is 0.416 e. The largest absolute Gasteiger partial charge is 0.416 e. The summed E-state index contributed by atoms with van der Waals surface area (Å²) in [6.45, 7) is 2.04. The highest BCUT2D eigenvalue weighted by atomic mass is 19.4. The topological polar surface area (TPSA) is 84.2 Å². The van der Waals surface area contributed by atoms with E-state index in [1.165, 1.54) is 12.1 Å². The van der Waals surface area contributed by atoms with Gasteiger partial charge >= 0.3 is 6.18 Å². The van der Waals surface area contributed by atoms with Gasteiger partial charge in [-0.25, -0.2) is 0 Å². The van der Waals surface area contributed by atoms with Crippen molar-refractivity contribution in [3.63, 3.8) is 0 Å². The molecule has 0 spiro atoms. The summed E-state index contributed by atoms with van der Waals surface area (Å²) in [6, 6.07) is 4.19. The number of piperidine rings is 1. The van der Waals surface area contributed by atoms with Crippen LogP contribution in [0.5, 0.6) is 0 Å². The minimum absolute atomic E-state index is 0.137. The smallest absolute Gasteiger partial charge is 0.389 e. The first-order valence-electron chi connectivity index (χ1n) is 8.88. The summed E-state index contributed by atoms with van der Waals surface area (Å²) in [5.41, 5.74) is -0.571. The third-order valence-corrected chi connectivity index (χ3v) is 5.23. The highest BCUT2D eigenvalue weighted by Gasteiger charge is 2.36. The molecule has 150 valence electrons. The van der Waals surface area contributed by atoms with E-state index in [1.54, 1.807) is 4.90 Å². The third-order valence-electron chi connectivity index (χ3n) is 5.23. The number of halogens is 3. The van der Waals surface area contributed by atoms with Crippen LogP contribution in [0.4, 0.5) is 13.2 Å². The lowest BCUT2D eigenvalue weighted by molar-refractivity contribution is -0.137. The predicted octanol–water partition coefficient (Wildman–Crippen LogP) is 0.566. The van der Waals surface area contributed by atoms with Gasteiger partial charge in [0.1, 0.15) is 6.10 Å². The number of alkyl halides is 3. The number of carbonyl (C=O) groups is 1. The van der Waals surface area contributed by atoms with E-state index >= 15 is 0 Å². The van der Waals surface area contributed by atoms with E-state index in [0.29, 0.717) is 19.6 Å². The second-order valence-electron chi connectivity index (χ2n) is 7.32. The molecule has 9 heteroatoms. The number of aliphatic hydroxyl groups is 3. The average molecular weight is 388 g/mol. The Labute approximate surface area is 154 Å². The molecule has 3 N–H and O–H groups in total. The lowest BCUT2D eigenvalue weighted by atomic mass is 10.00. The van der Waals surface area contributed by atoms with Crippen LogP contribution >= 0.6 is 0 Å². The quantitative estimate of drug-likeness (QED) is 0.705. The van der Waals surface area contributed by atoms with Crippen LogP contribution in [0.3, 0.4) is 0 Å². The van der Waals surface area contributed by atoms with Crippen LogP contribution in [0.15, 0.2) is 24.3 Å². The Morgan fingerprint density at radius 3 is 2.19 bits per heavy atom. The minimum Gasteiger partial charge on any atom is -0.389 e. The molecule has 27 heavy (non-hydrogen) atoms. The fourth-order valence-corrected chi connectivity index (χ4v) is 3.74. The first kappa shape index (κ1) is 20.1. The molecular formula is C18H23F3N2O4. The van der Waals surface area contributed by atoms with E-state index in [1.807, 2.05) is 4.90 Å². The standard InChI is InChI=1S/C18H23F3N2O4/c19-18(20,21)13-3-1-12(2-4-13)17(27)23-6-5-11(8-23)7-22-9-14(24)16(26)15(25)10-22/h1-4,11,14-16,24-26H,5-10H2/t11-,14-,15+,16?/m1/s1. The van der Waals surface area contributed by atoms with Crippen molar-refractivity contribution in [3.05, 3.63) is 35.4 Å². The monoisotopic (exact) mass is 388 g/mol. The van der Waals surface area contributed by atoms with Gasteiger partial charge < -0.3 is 20.2 Å². The number of nitrogens with zero attached hydrogens (tertiary/aromatic N) is 2. The molecule has 1 aromatic rings. The van der Waals surface area contributed by atoms with Gasteiger partial charge in [-0.1, -0.05) is 0 Å². The van der Waals surface area contributed by atoms with E-state index < -0.39 is 30.1 Å². The van der Waals surface area contributed by atoms with Crippen LogP contribution in [-0.2, 0) is 6.18 Å². The third kappa shape index (κ3) is 4.60. The molecule has 0 aliphatic carbocycles. The molecule has 0 saturated carbocycles. The SMILES string of the molecule is O=C(c1ccc(C(F)(F)F)cc1)N1CC[C@H](CN2C[C@@H](O)C(O)[C@@H](O)C2)C1. The van der Waals surface area contributed by atoms with Crippen molar-refractivity contribution in [2.45, 2.75) is 30.9 Å². The first-order chi connectivity index (χ1) is 12.6. The molecule has 0 aromatic heterocycles. The summed E-state index contributed by atoms with van der Waals surface area (Å²) in [5.74, 6) is -0.168. The van der Waals surface area contributed by atoms with Crippen molar-refractivity contribution in [2.75, 3.05) is 32.7 Å². The van der Waals surface area contributed by atoms with Crippen molar-refractivity contribution in [1.82, 2.24) is 9.80 Å². The molecule has 2 aliphatic rings. The van der Waals surface area contributed by atoms with Gasteiger partial charge in [0.25, 0.3) is 5.91 Å². The number of aliphatic hydroxyl groups excluding tert-OH is 3. The molecule has 2 fully saturated rings. The Morgan fingerprint density at radius 2 is 1.63 bits per heavy atom. The summed E-state index contributed by atoms with van der Waals surface area (Å²) in [6.07, 6.45) is -6.88. The van der Waals surface area contributed by atoms with Crippen LogP contribution < -0.4 is 0 Å². The molecule has 1 amide bonds. The number of hydrogen-bond donors (Lipinski definition) is 3. The summed E-state index contributed by atoms with van der Waals surface area (Å²) in [5, 5.41) is 29.1. The van der Waals surface area contributed by atoms with Crippen LogP contribution in [-0.4, -0.2) is 82.1 Å². The summed E-state index contributed by atoms with van der Waals surface area (Å²) in [7, 11) is 0. The minimum atomic E-state index is -4.43.